The molecule has 1 aliphatic heterocycles. The normalized spacial score (nSPS) is 17.1. The van der Waals surface area contributed by atoms with Crippen LogP contribution in [0.4, 0.5) is 4.79 Å². The maximum absolute atomic E-state index is 12.5. The second-order valence-corrected chi connectivity index (χ2v) is 6.46. The van der Waals surface area contributed by atoms with Gasteiger partial charge >= 0.3 is 5.97 Å². The minimum Gasteiger partial charge on any atom is -0.504 e. The highest BCUT2D eigenvalue weighted by Gasteiger charge is 2.41. The average Bonchev–Trinajstić information content (AvgIpc) is 2.84. The Kier molecular flexibility index (Phi) is 5.97. The fourth-order valence-electron chi connectivity index (χ4n) is 2.18. The molecule has 9 heteroatoms. The summed E-state index contributed by atoms with van der Waals surface area (Å²) >= 11 is 6.62. The molecule has 1 aromatic carbocycles. The Balaban J connectivity index is 2.35. The quantitative estimate of drug-likeness (QED) is 0.615. The van der Waals surface area contributed by atoms with Crippen LogP contribution in [0.5, 0.6) is 11.5 Å². The minimum absolute atomic E-state index is 0.0563. The predicted octanol–water partition coefficient (Wildman–Crippen LogP) is 3.04. The van der Waals surface area contributed by atoms with E-state index in [0.717, 1.165) is 4.90 Å². The molecule has 0 radical (unpaired) electrons. The third kappa shape index (κ3) is 3.91. The van der Waals surface area contributed by atoms with Gasteiger partial charge in [-0.25, -0.2) is 4.79 Å². The van der Waals surface area contributed by atoms with Crippen molar-refractivity contribution in [3.8, 4) is 11.5 Å². The lowest BCUT2D eigenvalue weighted by Gasteiger charge is -2.19. The molecule has 0 aromatic heterocycles. The number of amides is 2. The summed E-state index contributed by atoms with van der Waals surface area (Å²) < 4.78 is 9.85. The lowest BCUT2D eigenvalue weighted by Crippen LogP contribution is -2.42. The van der Waals surface area contributed by atoms with Gasteiger partial charge in [0.25, 0.3) is 11.1 Å². The zero-order valence-electron chi connectivity index (χ0n) is 13.7. The van der Waals surface area contributed by atoms with E-state index in [-0.39, 0.29) is 28.6 Å². The molecule has 1 N–H and O–H groups in total. The van der Waals surface area contributed by atoms with E-state index < -0.39 is 23.2 Å². The van der Waals surface area contributed by atoms with Crippen LogP contribution < -0.4 is 4.74 Å². The molecule has 1 fully saturated rings. The second-order valence-electron chi connectivity index (χ2n) is 5.03. The zero-order chi connectivity index (χ0) is 18.7. The minimum atomic E-state index is -1.04. The molecule has 1 heterocycles. The number of rotatable bonds is 5. The fraction of sp³-hybridized carbons (Fsp3) is 0.312. The summed E-state index contributed by atoms with van der Waals surface area (Å²) in [6.45, 7) is 3.19. The van der Waals surface area contributed by atoms with Gasteiger partial charge < -0.3 is 14.6 Å². The van der Waals surface area contributed by atoms with Crippen LogP contribution in [0.25, 0.3) is 6.08 Å². The summed E-state index contributed by atoms with van der Waals surface area (Å²) in [5, 5.41) is 9.84. The predicted molar refractivity (Wildman–Crippen MR) is 93.6 cm³/mol. The van der Waals surface area contributed by atoms with E-state index in [4.69, 9.17) is 21.1 Å². The molecule has 134 valence electrons. The van der Waals surface area contributed by atoms with Crippen molar-refractivity contribution < 1.29 is 29.0 Å². The number of carbonyl (C=O) groups is 3. The van der Waals surface area contributed by atoms with E-state index in [1.807, 2.05) is 0 Å². The molecule has 0 unspecified atom stereocenters. The molecule has 2 rings (SSSR count). The van der Waals surface area contributed by atoms with Crippen LogP contribution in [0.15, 0.2) is 17.0 Å². The highest BCUT2D eigenvalue weighted by molar-refractivity contribution is 8.18. The first-order valence-corrected chi connectivity index (χ1v) is 8.49. The van der Waals surface area contributed by atoms with Gasteiger partial charge in [0, 0.05) is 16.7 Å². The van der Waals surface area contributed by atoms with Crippen LogP contribution in [0.2, 0.25) is 5.02 Å². The number of methoxy groups -OCH3 is 1. The summed E-state index contributed by atoms with van der Waals surface area (Å²) in [6.07, 6.45) is 1.33. The largest absolute Gasteiger partial charge is 0.504 e. The third-order valence-corrected chi connectivity index (χ3v) is 4.52. The molecular weight excluding hydrogens is 370 g/mol. The van der Waals surface area contributed by atoms with Crippen molar-refractivity contribution in [1.82, 2.24) is 4.90 Å². The number of carbonyl (C=O) groups excluding carboxylic acids is 3. The van der Waals surface area contributed by atoms with Gasteiger partial charge in [-0.1, -0.05) is 11.6 Å². The first kappa shape index (κ1) is 19.1. The van der Waals surface area contributed by atoms with Gasteiger partial charge in [-0.15, -0.1) is 0 Å². The Morgan fingerprint density at radius 2 is 2.12 bits per heavy atom. The van der Waals surface area contributed by atoms with Crippen LogP contribution in [0.1, 0.15) is 19.4 Å². The van der Waals surface area contributed by atoms with Gasteiger partial charge in [-0.05, 0) is 37.8 Å². The lowest BCUT2D eigenvalue weighted by molar-refractivity contribution is -0.150. The highest BCUT2D eigenvalue weighted by Crippen LogP contribution is 2.39. The molecular formula is C16H16ClNO6S. The molecule has 0 spiro atoms. The number of phenols is 1. The SMILES string of the molecule is CCOC(=O)[C@H](C)N1C(=O)S/C(=C\c2cc(Cl)cc(OC)c2O)C1=O. The molecule has 0 bridgehead atoms. The Morgan fingerprint density at radius 1 is 1.44 bits per heavy atom. The van der Waals surface area contributed by atoms with Crippen LogP contribution in [0.3, 0.4) is 0 Å². The summed E-state index contributed by atoms with van der Waals surface area (Å²) in [6, 6.07) is 1.81. The van der Waals surface area contributed by atoms with E-state index in [0.29, 0.717) is 16.8 Å². The molecule has 1 atom stereocenters. The van der Waals surface area contributed by atoms with Crippen molar-refractivity contribution in [3.05, 3.63) is 27.6 Å². The molecule has 0 saturated carbocycles. The van der Waals surface area contributed by atoms with Gasteiger partial charge in [0.05, 0.1) is 18.6 Å². The van der Waals surface area contributed by atoms with Gasteiger partial charge in [0.1, 0.15) is 6.04 Å². The monoisotopic (exact) mass is 385 g/mol. The van der Waals surface area contributed by atoms with Crippen molar-refractivity contribution in [2.45, 2.75) is 19.9 Å². The molecule has 1 aliphatic rings. The van der Waals surface area contributed by atoms with Crippen molar-refractivity contribution >= 4 is 46.6 Å². The van der Waals surface area contributed by atoms with E-state index in [2.05, 4.69) is 0 Å². The van der Waals surface area contributed by atoms with Crippen LogP contribution in [-0.4, -0.2) is 46.9 Å². The van der Waals surface area contributed by atoms with Crippen molar-refractivity contribution in [1.29, 1.82) is 0 Å². The van der Waals surface area contributed by atoms with E-state index in [9.17, 15) is 19.5 Å². The summed E-state index contributed by atoms with van der Waals surface area (Å²) in [7, 11) is 1.37. The molecule has 2 amide bonds. The Labute approximate surface area is 153 Å². The summed E-state index contributed by atoms with van der Waals surface area (Å²) in [5.41, 5.74) is 0.221. The van der Waals surface area contributed by atoms with Crippen molar-refractivity contribution in [3.63, 3.8) is 0 Å². The maximum Gasteiger partial charge on any atom is 0.329 e. The van der Waals surface area contributed by atoms with Crippen molar-refractivity contribution in [2.24, 2.45) is 0 Å². The van der Waals surface area contributed by atoms with E-state index in [1.165, 1.54) is 32.2 Å². The number of ether oxygens (including phenoxy) is 2. The molecule has 0 aliphatic carbocycles. The zero-order valence-corrected chi connectivity index (χ0v) is 15.3. The third-order valence-electron chi connectivity index (χ3n) is 3.41. The summed E-state index contributed by atoms with van der Waals surface area (Å²) in [4.78, 5) is 37.3. The Hall–Kier alpha value is -2.19. The number of esters is 1. The first-order valence-electron chi connectivity index (χ1n) is 7.30. The standard InChI is InChI=1S/C16H16ClNO6S/c1-4-24-15(21)8(2)18-14(20)12(25-16(18)22)6-9-5-10(17)7-11(23-3)13(9)19/h5-8,19H,4H2,1-3H3/b12-6-/t8-/m0/s1. The Bertz CT molecular complexity index is 763. The number of nitrogens with zero attached hydrogens (tertiary/aromatic N) is 1. The number of phenolic OH excluding ortho intramolecular Hbond substituents is 1. The van der Waals surface area contributed by atoms with E-state index >= 15 is 0 Å². The van der Waals surface area contributed by atoms with E-state index in [1.54, 1.807) is 6.92 Å². The number of benzene rings is 1. The van der Waals surface area contributed by atoms with Gasteiger partial charge in [-0.3, -0.25) is 14.5 Å². The van der Waals surface area contributed by atoms with Crippen LogP contribution in [0, 0.1) is 0 Å². The first-order chi connectivity index (χ1) is 11.8. The molecule has 1 saturated heterocycles. The lowest BCUT2D eigenvalue weighted by atomic mass is 10.1. The summed E-state index contributed by atoms with van der Waals surface area (Å²) in [5.74, 6) is -1.39. The smallest absolute Gasteiger partial charge is 0.329 e. The number of hydrogen-bond donors (Lipinski definition) is 1. The van der Waals surface area contributed by atoms with Crippen LogP contribution >= 0.6 is 23.4 Å². The molecule has 7 nitrogen and oxygen atoms in total. The van der Waals surface area contributed by atoms with Crippen molar-refractivity contribution in [2.75, 3.05) is 13.7 Å². The molecule has 25 heavy (non-hydrogen) atoms. The van der Waals surface area contributed by atoms with Gasteiger partial charge in [0.15, 0.2) is 11.5 Å². The number of halogens is 1. The number of thioether (sulfide) groups is 1. The fourth-order valence-corrected chi connectivity index (χ4v) is 3.30. The Morgan fingerprint density at radius 3 is 2.72 bits per heavy atom. The topological polar surface area (TPSA) is 93.1 Å². The van der Waals surface area contributed by atoms with Crippen LogP contribution in [-0.2, 0) is 14.3 Å². The van der Waals surface area contributed by atoms with Gasteiger partial charge in [-0.2, -0.15) is 0 Å². The second kappa shape index (κ2) is 7.79. The number of aromatic hydroxyl groups is 1. The number of hydrogen-bond acceptors (Lipinski definition) is 7. The van der Waals surface area contributed by atoms with Gasteiger partial charge in [0.2, 0.25) is 0 Å². The highest BCUT2D eigenvalue weighted by atomic mass is 35.5. The maximum atomic E-state index is 12.5. The molecule has 1 aromatic rings. The number of imide groups is 1. The average molecular weight is 386 g/mol.